The predicted octanol–water partition coefficient (Wildman–Crippen LogP) is 8.92. The number of carbonyl (C=O) groups excluding carboxylic acids is 1. The Balaban J connectivity index is 0.00000800. The first-order valence-electron chi connectivity index (χ1n) is 16.7. The van der Waals surface area contributed by atoms with Crippen molar-refractivity contribution in [1.82, 2.24) is 19.6 Å². The van der Waals surface area contributed by atoms with E-state index in [4.69, 9.17) is 4.74 Å². The first kappa shape index (κ1) is 39.7. The zero-order valence-electron chi connectivity index (χ0n) is 26.8. The molecule has 0 aromatic heterocycles. The van der Waals surface area contributed by atoms with Crippen molar-refractivity contribution in [3.05, 3.63) is 24.8 Å². The van der Waals surface area contributed by atoms with Gasteiger partial charge in [0.1, 0.15) is 6.10 Å². The number of unbranched alkanes of at least 4 members (excludes halogenated alkanes) is 14. The van der Waals surface area contributed by atoms with Gasteiger partial charge in [-0.3, -0.25) is 4.79 Å². The molecule has 8 heteroatoms. The van der Waals surface area contributed by atoms with Gasteiger partial charge in [0.2, 0.25) is 0 Å². The van der Waals surface area contributed by atoms with Crippen molar-refractivity contribution in [3.63, 3.8) is 0 Å². The Labute approximate surface area is 266 Å². The second-order valence-corrected chi connectivity index (χ2v) is 11.9. The lowest BCUT2D eigenvalue weighted by molar-refractivity contribution is -0.150. The molecular formula is C33H64Cl2N4O2. The summed E-state index contributed by atoms with van der Waals surface area (Å²) < 4.78 is 6.09. The van der Waals surface area contributed by atoms with Gasteiger partial charge in [0.25, 0.3) is 0 Å². The maximum atomic E-state index is 12.8. The number of hydrogen-bond acceptors (Lipinski definition) is 6. The maximum Gasteiger partial charge on any atom is 0.306 e. The van der Waals surface area contributed by atoms with Crippen LogP contribution in [0.25, 0.3) is 0 Å². The van der Waals surface area contributed by atoms with Crippen LogP contribution >= 0.6 is 24.8 Å². The van der Waals surface area contributed by atoms with Crippen molar-refractivity contribution in [1.29, 1.82) is 0 Å². The molecule has 0 atom stereocenters. The molecule has 2 aliphatic rings. The molecule has 2 rings (SSSR count). The van der Waals surface area contributed by atoms with Gasteiger partial charge in [0, 0.05) is 44.3 Å². The molecule has 0 unspecified atom stereocenters. The standard InChI is InChI=1S/C33H62N4O2.2ClH/c1-4-7-10-11-12-13-14-15-16-17-18-19-20-21-33(38)39-32(28-36-26-24-34(30-36)22-8-5-2)29-37-27-25-35(31-37)23-9-6-3;;/h24-27,32H,4-23,28-31H2,1-3H3;2*1H. The molecule has 0 aromatic carbocycles. The van der Waals surface area contributed by atoms with Crippen molar-refractivity contribution >= 4 is 30.8 Å². The number of rotatable bonds is 25. The van der Waals surface area contributed by atoms with Crippen LogP contribution in [0.1, 0.15) is 136 Å². The Kier molecular flexibility index (Phi) is 25.5. The second kappa shape index (κ2) is 26.4. The van der Waals surface area contributed by atoms with Gasteiger partial charge >= 0.3 is 5.97 Å². The third-order valence-electron chi connectivity index (χ3n) is 7.96. The molecule has 0 saturated heterocycles. The number of carbonyl (C=O) groups is 1. The summed E-state index contributed by atoms with van der Waals surface area (Å²) in [6.07, 6.45) is 31.1. The Morgan fingerprint density at radius 1 is 0.561 bits per heavy atom. The summed E-state index contributed by atoms with van der Waals surface area (Å²) in [4.78, 5) is 22.1. The third-order valence-corrected chi connectivity index (χ3v) is 7.96. The molecular weight excluding hydrogens is 555 g/mol. The monoisotopic (exact) mass is 618 g/mol. The molecule has 242 valence electrons. The molecule has 0 fully saturated rings. The van der Waals surface area contributed by atoms with E-state index in [-0.39, 0.29) is 36.9 Å². The Morgan fingerprint density at radius 2 is 0.927 bits per heavy atom. The molecule has 41 heavy (non-hydrogen) atoms. The summed E-state index contributed by atoms with van der Waals surface area (Å²) in [5.41, 5.74) is 0. The van der Waals surface area contributed by atoms with Crippen LogP contribution in [0.2, 0.25) is 0 Å². The smallest absolute Gasteiger partial charge is 0.306 e. The van der Waals surface area contributed by atoms with Gasteiger partial charge in [0.05, 0.1) is 26.4 Å². The van der Waals surface area contributed by atoms with E-state index < -0.39 is 0 Å². The highest BCUT2D eigenvalue weighted by Gasteiger charge is 2.24. The van der Waals surface area contributed by atoms with E-state index in [2.05, 4.69) is 65.2 Å². The van der Waals surface area contributed by atoms with Gasteiger partial charge in [0.15, 0.2) is 0 Å². The van der Waals surface area contributed by atoms with Gasteiger partial charge in [-0.2, -0.15) is 0 Å². The normalized spacial score (nSPS) is 14.2. The second-order valence-electron chi connectivity index (χ2n) is 11.9. The molecule has 2 aliphatic heterocycles. The van der Waals surface area contributed by atoms with Crippen molar-refractivity contribution in [2.45, 2.75) is 142 Å². The third kappa shape index (κ3) is 19.5. The first-order chi connectivity index (χ1) is 19.1. The summed E-state index contributed by atoms with van der Waals surface area (Å²) in [5.74, 6) is -0.0277. The number of ether oxygens (including phenoxy) is 1. The Hall–Kier alpha value is -1.27. The minimum atomic E-state index is -0.119. The molecule has 0 radical (unpaired) electrons. The van der Waals surface area contributed by atoms with Crippen LogP contribution in [0.5, 0.6) is 0 Å². The van der Waals surface area contributed by atoms with E-state index in [1.807, 2.05) is 0 Å². The van der Waals surface area contributed by atoms with E-state index >= 15 is 0 Å². The van der Waals surface area contributed by atoms with Crippen molar-refractivity contribution < 1.29 is 9.53 Å². The maximum absolute atomic E-state index is 12.8. The predicted molar refractivity (Wildman–Crippen MR) is 179 cm³/mol. The average molecular weight is 620 g/mol. The van der Waals surface area contributed by atoms with Crippen molar-refractivity contribution in [3.8, 4) is 0 Å². The van der Waals surface area contributed by atoms with Gasteiger partial charge < -0.3 is 24.3 Å². The van der Waals surface area contributed by atoms with Gasteiger partial charge in [-0.15, -0.1) is 24.8 Å². The van der Waals surface area contributed by atoms with E-state index in [1.54, 1.807) is 0 Å². The first-order valence-corrected chi connectivity index (χ1v) is 16.7. The fourth-order valence-electron chi connectivity index (χ4n) is 5.47. The zero-order chi connectivity index (χ0) is 28.0. The molecule has 0 bridgehead atoms. The van der Waals surface area contributed by atoms with E-state index in [9.17, 15) is 4.79 Å². The minimum Gasteiger partial charge on any atom is -0.459 e. The molecule has 2 heterocycles. The minimum absolute atomic E-state index is 0. The van der Waals surface area contributed by atoms with Crippen LogP contribution < -0.4 is 0 Å². The zero-order valence-corrected chi connectivity index (χ0v) is 28.4. The van der Waals surface area contributed by atoms with Gasteiger partial charge in [-0.25, -0.2) is 0 Å². The number of halogens is 2. The van der Waals surface area contributed by atoms with Gasteiger partial charge in [-0.05, 0) is 19.3 Å². The summed E-state index contributed by atoms with van der Waals surface area (Å²) in [6.45, 7) is 12.2. The summed E-state index contributed by atoms with van der Waals surface area (Å²) in [7, 11) is 0. The van der Waals surface area contributed by atoms with Gasteiger partial charge in [-0.1, -0.05) is 111 Å². The fourth-order valence-corrected chi connectivity index (χ4v) is 5.47. The van der Waals surface area contributed by atoms with Crippen LogP contribution in [0.4, 0.5) is 0 Å². The summed E-state index contributed by atoms with van der Waals surface area (Å²) in [6, 6.07) is 0. The van der Waals surface area contributed by atoms with E-state index in [1.165, 1.54) is 96.3 Å². The molecule has 0 aliphatic carbocycles. The molecule has 0 saturated carbocycles. The van der Waals surface area contributed by atoms with Crippen molar-refractivity contribution in [2.75, 3.05) is 39.5 Å². The van der Waals surface area contributed by atoms with Crippen LogP contribution in [0.15, 0.2) is 24.8 Å². The molecule has 0 N–H and O–H groups in total. The topological polar surface area (TPSA) is 39.3 Å². The SMILES string of the molecule is CCCCCCCCCCCCCCCC(=O)OC(CN1C=CN(CCCC)C1)CN1C=CN(CCCC)C1.Cl.Cl. The largest absolute Gasteiger partial charge is 0.459 e. The lowest BCUT2D eigenvalue weighted by Crippen LogP contribution is -2.41. The van der Waals surface area contributed by atoms with E-state index in [0.717, 1.165) is 52.4 Å². The molecule has 6 nitrogen and oxygen atoms in total. The number of hydrogen-bond donors (Lipinski definition) is 0. The number of esters is 1. The number of nitrogens with zero attached hydrogens (tertiary/aromatic N) is 4. The van der Waals surface area contributed by atoms with Crippen LogP contribution in [-0.2, 0) is 9.53 Å². The Bertz CT molecular complexity index is 646. The lowest BCUT2D eigenvalue weighted by Gasteiger charge is -2.29. The highest BCUT2D eigenvalue weighted by molar-refractivity contribution is 5.85. The molecule has 0 amide bonds. The summed E-state index contributed by atoms with van der Waals surface area (Å²) in [5, 5.41) is 0. The summed E-state index contributed by atoms with van der Waals surface area (Å²) >= 11 is 0. The average Bonchev–Trinajstić information content (AvgIpc) is 3.58. The highest BCUT2D eigenvalue weighted by atomic mass is 35.5. The fraction of sp³-hybridized carbons (Fsp3) is 0.848. The molecule has 0 spiro atoms. The van der Waals surface area contributed by atoms with Crippen molar-refractivity contribution in [2.24, 2.45) is 0 Å². The van der Waals surface area contributed by atoms with Crippen LogP contribution in [-0.4, -0.2) is 71.2 Å². The quantitative estimate of drug-likeness (QED) is 0.0751. The van der Waals surface area contributed by atoms with Crippen LogP contribution in [0, 0.1) is 0 Å². The lowest BCUT2D eigenvalue weighted by atomic mass is 10.0. The molecule has 0 aromatic rings. The van der Waals surface area contributed by atoms with E-state index in [0.29, 0.717) is 6.42 Å². The van der Waals surface area contributed by atoms with Crippen LogP contribution in [0.3, 0.4) is 0 Å². The highest BCUT2D eigenvalue weighted by Crippen LogP contribution is 2.16. The Morgan fingerprint density at radius 3 is 1.34 bits per heavy atom.